The Morgan fingerprint density at radius 3 is 1.47 bits per heavy atom. The highest BCUT2D eigenvalue weighted by molar-refractivity contribution is 5.72. The van der Waals surface area contributed by atoms with Gasteiger partial charge in [-0.05, 0) is 56.8 Å². The fraction of sp³-hybridized carbons (Fsp3) is 0.933. The van der Waals surface area contributed by atoms with Crippen molar-refractivity contribution in [2.24, 2.45) is 17.8 Å². The highest BCUT2D eigenvalue weighted by Crippen LogP contribution is 2.18. The summed E-state index contributed by atoms with van der Waals surface area (Å²) in [5, 5.41) is 0. The number of rotatable bonds is 24. The largest absolute Gasteiger partial charge is 0.466 e. The van der Waals surface area contributed by atoms with E-state index >= 15 is 0 Å². The van der Waals surface area contributed by atoms with E-state index < -0.39 is 0 Å². The van der Waals surface area contributed by atoms with Crippen molar-refractivity contribution in [2.45, 2.75) is 150 Å². The minimum Gasteiger partial charge on any atom is -0.466 e. The highest BCUT2D eigenvalue weighted by Gasteiger charge is 2.17. The Morgan fingerprint density at radius 1 is 0.559 bits per heavy atom. The Balaban J connectivity index is 3.43. The molecule has 4 heteroatoms. The SMILES string of the molecule is CCC(CCCCCCCCCCCCCC(=O)OCCCC(C)C)C(=O)OCCCC(C)C. The van der Waals surface area contributed by atoms with Crippen LogP contribution in [0.4, 0.5) is 0 Å². The van der Waals surface area contributed by atoms with Crippen LogP contribution < -0.4 is 0 Å². The van der Waals surface area contributed by atoms with Crippen LogP contribution in [0, 0.1) is 17.8 Å². The van der Waals surface area contributed by atoms with Gasteiger partial charge in [-0.15, -0.1) is 0 Å². The Hall–Kier alpha value is -1.06. The Morgan fingerprint density at radius 2 is 1.00 bits per heavy atom. The van der Waals surface area contributed by atoms with Crippen LogP contribution in [-0.2, 0) is 19.1 Å². The van der Waals surface area contributed by atoms with Gasteiger partial charge in [-0.3, -0.25) is 9.59 Å². The van der Waals surface area contributed by atoms with Crippen molar-refractivity contribution in [3.63, 3.8) is 0 Å². The highest BCUT2D eigenvalue weighted by atomic mass is 16.5. The second-order valence-corrected chi connectivity index (χ2v) is 11.0. The van der Waals surface area contributed by atoms with Crippen LogP contribution in [0.25, 0.3) is 0 Å². The zero-order valence-corrected chi connectivity index (χ0v) is 23.5. The molecule has 0 saturated carbocycles. The first-order valence-electron chi connectivity index (χ1n) is 14.7. The average molecular weight is 483 g/mol. The topological polar surface area (TPSA) is 52.6 Å². The van der Waals surface area contributed by atoms with Crippen molar-refractivity contribution in [1.82, 2.24) is 0 Å². The van der Waals surface area contributed by atoms with Gasteiger partial charge in [0.15, 0.2) is 0 Å². The maximum absolute atomic E-state index is 12.2. The van der Waals surface area contributed by atoms with E-state index in [4.69, 9.17) is 9.47 Å². The minimum absolute atomic E-state index is 0.0183. The standard InChI is InChI=1S/C30H58O4/c1-6-28(30(32)34-25-19-21-27(4)5)22-16-14-12-10-8-7-9-11-13-15-17-23-29(31)33-24-18-20-26(2)3/h26-28H,6-25H2,1-5H3. The van der Waals surface area contributed by atoms with Gasteiger partial charge in [0.05, 0.1) is 19.1 Å². The Kier molecular flexibility index (Phi) is 22.9. The molecule has 0 saturated heterocycles. The minimum atomic E-state index is -0.0208. The quantitative estimate of drug-likeness (QED) is 0.102. The third-order valence-electron chi connectivity index (χ3n) is 6.62. The zero-order valence-electron chi connectivity index (χ0n) is 23.5. The van der Waals surface area contributed by atoms with Crippen molar-refractivity contribution in [2.75, 3.05) is 13.2 Å². The predicted molar refractivity (Wildman–Crippen MR) is 144 cm³/mol. The molecule has 0 aromatic heterocycles. The second kappa shape index (κ2) is 23.7. The van der Waals surface area contributed by atoms with Crippen LogP contribution in [0.5, 0.6) is 0 Å². The van der Waals surface area contributed by atoms with Crippen LogP contribution >= 0.6 is 0 Å². The van der Waals surface area contributed by atoms with E-state index in [1.807, 2.05) is 0 Å². The van der Waals surface area contributed by atoms with Crippen molar-refractivity contribution in [3.05, 3.63) is 0 Å². The van der Waals surface area contributed by atoms with Crippen molar-refractivity contribution in [3.8, 4) is 0 Å². The lowest BCUT2D eigenvalue weighted by molar-refractivity contribution is -0.149. The summed E-state index contributed by atoms with van der Waals surface area (Å²) >= 11 is 0. The van der Waals surface area contributed by atoms with Gasteiger partial charge in [0, 0.05) is 6.42 Å². The van der Waals surface area contributed by atoms with Gasteiger partial charge in [-0.2, -0.15) is 0 Å². The molecule has 0 radical (unpaired) electrons. The third-order valence-corrected chi connectivity index (χ3v) is 6.62. The fourth-order valence-electron chi connectivity index (χ4n) is 4.27. The maximum atomic E-state index is 12.2. The van der Waals surface area contributed by atoms with Gasteiger partial charge < -0.3 is 9.47 Å². The molecule has 0 heterocycles. The number of ether oxygens (including phenoxy) is 2. The number of hydrogen-bond acceptors (Lipinski definition) is 4. The molecule has 4 nitrogen and oxygen atoms in total. The summed E-state index contributed by atoms with van der Waals surface area (Å²) < 4.78 is 10.8. The van der Waals surface area contributed by atoms with Gasteiger partial charge in [0.1, 0.15) is 0 Å². The van der Waals surface area contributed by atoms with Crippen molar-refractivity contribution >= 4 is 11.9 Å². The maximum Gasteiger partial charge on any atom is 0.308 e. The molecule has 0 N–H and O–H groups in total. The molecule has 0 spiro atoms. The summed E-state index contributed by atoms with van der Waals surface area (Å²) in [6, 6.07) is 0. The normalized spacial score (nSPS) is 12.3. The van der Waals surface area contributed by atoms with Crippen molar-refractivity contribution < 1.29 is 19.1 Å². The molecule has 34 heavy (non-hydrogen) atoms. The molecule has 0 bridgehead atoms. The number of hydrogen-bond donors (Lipinski definition) is 0. The first-order chi connectivity index (χ1) is 16.4. The van der Waals surface area contributed by atoms with Gasteiger partial charge in [0.2, 0.25) is 0 Å². The average Bonchev–Trinajstić information content (AvgIpc) is 2.79. The second-order valence-electron chi connectivity index (χ2n) is 11.0. The lowest BCUT2D eigenvalue weighted by Crippen LogP contribution is -2.18. The fourth-order valence-corrected chi connectivity index (χ4v) is 4.27. The van der Waals surface area contributed by atoms with Gasteiger partial charge in [-0.25, -0.2) is 0 Å². The molecule has 0 fully saturated rings. The molecular formula is C30H58O4. The number of unbranched alkanes of at least 4 members (excludes halogenated alkanes) is 10. The molecule has 1 unspecified atom stereocenters. The van der Waals surface area contributed by atoms with E-state index in [0.29, 0.717) is 31.5 Å². The van der Waals surface area contributed by atoms with E-state index in [-0.39, 0.29) is 17.9 Å². The molecular weight excluding hydrogens is 424 g/mol. The number of esters is 2. The number of carbonyl (C=O) groups excluding carboxylic acids is 2. The summed E-state index contributed by atoms with van der Waals surface area (Å²) in [6.07, 6.45) is 20.2. The Labute approximate surface area is 212 Å². The van der Waals surface area contributed by atoms with E-state index in [1.54, 1.807) is 0 Å². The smallest absolute Gasteiger partial charge is 0.308 e. The molecule has 0 rings (SSSR count). The van der Waals surface area contributed by atoms with E-state index in [1.165, 1.54) is 51.4 Å². The van der Waals surface area contributed by atoms with Crippen molar-refractivity contribution in [1.29, 1.82) is 0 Å². The molecule has 0 amide bonds. The molecule has 1 atom stereocenters. The molecule has 0 aliphatic heterocycles. The number of carbonyl (C=O) groups is 2. The summed E-state index contributed by atoms with van der Waals surface area (Å²) in [5.74, 6) is 1.44. The predicted octanol–water partition coefficient (Wildman–Crippen LogP) is 9.04. The van der Waals surface area contributed by atoms with Crippen LogP contribution in [0.3, 0.4) is 0 Å². The summed E-state index contributed by atoms with van der Waals surface area (Å²) in [6.45, 7) is 12.1. The van der Waals surface area contributed by atoms with Gasteiger partial charge in [0.25, 0.3) is 0 Å². The lowest BCUT2D eigenvalue weighted by Gasteiger charge is -2.14. The monoisotopic (exact) mass is 482 g/mol. The molecule has 0 aromatic rings. The van der Waals surface area contributed by atoms with E-state index in [9.17, 15) is 9.59 Å². The van der Waals surface area contributed by atoms with Crippen LogP contribution in [0.15, 0.2) is 0 Å². The van der Waals surface area contributed by atoms with E-state index in [0.717, 1.165) is 57.8 Å². The molecule has 202 valence electrons. The third kappa shape index (κ3) is 22.7. The summed E-state index contributed by atoms with van der Waals surface area (Å²) in [7, 11) is 0. The summed E-state index contributed by atoms with van der Waals surface area (Å²) in [4.78, 5) is 23.9. The zero-order chi connectivity index (χ0) is 25.4. The molecule has 0 aliphatic rings. The first kappa shape index (κ1) is 32.9. The van der Waals surface area contributed by atoms with Gasteiger partial charge in [-0.1, -0.05) is 98.8 Å². The molecule has 0 aromatic carbocycles. The van der Waals surface area contributed by atoms with Gasteiger partial charge >= 0.3 is 11.9 Å². The van der Waals surface area contributed by atoms with E-state index in [2.05, 4.69) is 34.6 Å². The Bertz CT molecular complexity index is 472. The first-order valence-corrected chi connectivity index (χ1v) is 14.7. The van der Waals surface area contributed by atoms with Crippen LogP contribution in [-0.4, -0.2) is 25.2 Å². The van der Waals surface area contributed by atoms with Crippen LogP contribution in [0.2, 0.25) is 0 Å². The lowest BCUT2D eigenvalue weighted by atomic mass is 9.97. The molecule has 0 aliphatic carbocycles. The van der Waals surface area contributed by atoms with Crippen LogP contribution in [0.1, 0.15) is 150 Å². The summed E-state index contributed by atoms with van der Waals surface area (Å²) in [5.41, 5.74) is 0.